The molecule has 2 saturated carbocycles. The van der Waals surface area contributed by atoms with E-state index in [-0.39, 0.29) is 35.6 Å². The normalized spacial score (nSPS) is 39.7. The summed E-state index contributed by atoms with van der Waals surface area (Å²) in [5, 5.41) is 12.8. The van der Waals surface area contributed by atoms with Crippen molar-refractivity contribution in [1.29, 1.82) is 0 Å². The minimum absolute atomic E-state index is 0.0232. The highest BCUT2D eigenvalue weighted by molar-refractivity contribution is 5.96. The zero-order valence-electron chi connectivity index (χ0n) is 22.9. The van der Waals surface area contributed by atoms with E-state index >= 15 is 0 Å². The Bertz CT molecular complexity index is 1140. The van der Waals surface area contributed by atoms with Crippen molar-refractivity contribution in [3.8, 4) is 0 Å². The Morgan fingerprint density at radius 3 is 2.32 bits per heavy atom. The molecular weight excluding hydrogens is 476 g/mol. The van der Waals surface area contributed by atoms with E-state index in [4.69, 9.17) is 14.2 Å². The second kappa shape index (κ2) is 8.93. The van der Waals surface area contributed by atoms with Gasteiger partial charge < -0.3 is 19.3 Å². The molecule has 2 fully saturated rings. The minimum Gasteiger partial charge on any atom is -0.461 e. The van der Waals surface area contributed by atoms with Gasteiger partial charge in [0.05, 0.1) is 5.41 Å². The van der Waals surface area contributed by atoms with Crippen molar-refractivity contribution in [2.24, 2.45) is 34.5 Å². The fourth-order valence-corrected chi connectivity index (χ4v) is 7.39. The molecule has 8 unspecified atom stereocenters. The van der Waals surface area contributed by atoms with Gasteiger partial charge in [-0.3, -0.25) is 14.4 Å². The van der Waals surface area contributed by atoms with Crippen molar-refractivity contribution in [2.75, 3.05) is 6.61 Å². The Labute approximate surface area is 218 Å². The molecule has 0 heterocycles. The van der Waals surface area contributed by atoms with Crippen molar-refractivity contribution in [3.05, 3.63) is 34.9 Å². The Balaban J connectivity index is 1.98. The molecule has 2 bridgehead atoms. The van der Waals surface area contributed by atoms with E-state index in [1.807, 2.05) is 6.92 Å². The number of esters is 3. The van der Waals surface area contributed by atoms with Gasteiger partial charge in [0.2, 0.25) is 0 Å². The number of hydrogen-bond acceptors (Lipinski definition) is 8. The van der Waals surface area contributed by atoms with Crippen LogP contribution in [0.4, 0.5) is 0 Å². The molecule has 0 aliphatic heterocycles. The van der Waals surface area contributed by atoms with Crippen molar-refractivity contribution >= 4 is 23.7 Å². The number of Topliss-reactive ketones (excluding diaryl/α,β-unsaturated/α-hetero) is 1. The molecule has 37 heavy (non-hydrogen) atoms. The third-order valence-corrected chi connectivity index (χ3v) is 9.39. The summed E-state index contributed by atoms with van der Waals surface area (Å²) in [6.45, 7) is 13.4. The van der Waals surface area contributed by atoms with Gasteiger partial charge in [0, 0.05) is 30.9 Å². The smallest absolute Gasteiger partial charge is 0.334 e. The summed E-state index contributed by atoms with van der Waals surface area (Å²) >= 11 is 0. The summed E-state index contributed by atoms with van der Waals surface area (Å²) in [6, 6.07) is 0. The first-order valence-corrected chi connectivity index (χ1v) is 13.0. The molecule has 0 radical (unpaired) electrons. The number of fused-ring (bicyclic) bond motifs is 3. The van der Waals surface area contributed by atoms with E-state index in [1.54, 1.807) is 39.0 Å². The van der Waals surface area contributed by atoms with Crippen molar-refractivity contribution in [1.82, 2.24) is 0 Å². The summed E-state index contributed by atoms with van der Waals surface area (Å²) in [7, 11) is 0. The average molecular weight is 515 g/mol. The van der Waals surface area contributed by atoms with E-state index in [0.717, 1.165) is 0 Å². The molecule has 0 aromatic rings. The number of rotatable bonds is 5. The zero-order valence-corrected chi connectivity index (χ0v) is 22.9. The molecular formula is C29H38O8. The Hall–Kier alpha value is -2.74. The zero-order chi connectivity index (χ0) is 27.7. The summed E-state index contributed by atoms with van der Waals surface area (Å²) < 4.78 is 17.0. The number of carbonyl (C=O) groups excluding carboxylic acids is 4. The highest BCUT2D eigenvalue weighted by Crippen LogP contribution is 2.72. The molecule has 0 aromatic carbocycles. The van der Waals surface area contributed by atoms with Crippen molar-refractivity contribution in [2.45, 2.75) is 79.6 Å². The summed E-state index contributed by atoms with van der Waals surface area (Å²) in [5.74, 6) is -2.71. The lowest BCUT2D eigenvalue weighted by molar-refractivity contribution is -0.211. The SMILES string of the molecule is CC=C(C)C(=O)OC1C(C)=CC23C(=O)C(C=C(COC(C)=O)C(OC(C)=O)C12O)C1C(CC3C)C1(C)C. The maximum Gasteiger partial charge on any atom is 0.334 e. The van der Waals surface area contributed by atoms with E-state index in [0.29, 0.717) is 23.1 Å². The number of carbonyl (C=O) groups is 4. The van der Waals surface area contributed by atoms with Crippen LogP contribution in [0.15, 0.2) is 34.9 Å². The molecule has 4 rings (SSSR count). The number of aliphatic hydroxyl groups is 1. The molecule has 4 aliphatic carbocycles. The maximum atomic E-state index is 14.6. The van der Waals surface area contributed by atoms with Gasteiger partial charge in [0.25, 0.3) is 0 Å². The van der Waals surface area contributed by atoms with Gasteiger partial charge in [-0.15, -0.1) is 0 Å². The van der Waals surface area contributed by atoms with E-state index < -0.39 is 47.0 Å². The highest BCUT2D eigenvalue weighted by atomic mass is 16.6. The number of ketones is 1. The molecule has 0 aromatic heterocycles. The van der Waals surface area contributed by atoms with E-state index in [2.05, 4.69) is 13.8 Å². The molecule has 0 saturated heterocycles. The molecule has 4 aliphatic rings. The third kappa shape index (κ3) is 3.82. The van der Waals surface area contributed by atoms with Crippen molar-refractivity contribution in [3.63, 3.8) is 0 Å². The van der Waals surface area contributed by atoms with Crippen molar-refractivity contribution < 1.29 is 38.5 Å². The quantitative estimate of drug-likeness (QED) is 0.257. The van der Waals surface area contributed by atoms with Crippen LogP contribution in [0.1, 0.15) is 61.8 Å². The van der Waals surface area contributed by atoms with E-state index in [1.165, 1.54) is 13.8 Å². The standard InChI is InChI=1S/C29H38O8/c1-9-14(2)26(33)37-24-15(3)12-28-16(4)10-21-22(27(21,7)8)20(23(28)32)11-19(13-35-17(5)30)25(29(24,28)34)36-18(6)31/h9,11-12,16,20-22,24-25,34H,10,13H2,1-8H3. The van der Waals surface area contributed by atoms with Crippen LogP contribution in [-0.2, 0) is 33.4 Å². The van der Waals surface area contributed by atoms with Crippen LogP contribution in [0.25, 0.3) is 0 Å². The van der Waals surface area contributed by atoms with Gasteiger partial charge in [-0.2, -0.15) is 0 Å². The summed E-state index contributed by atoms with van der Waals surface area (Å²) in [6.07, 6.45) is 3.13. The predicted octanol–water partition coefficient (Wildman–Crippen LogP) is 3.47. The molecule has 8 heteroatoms. The molecule has 8 atom stereocenters. The second-order valence-electron chi connectivity index (χ2n) is 11.8. The first-order valence-electron chi connectivity index (χ1n) is 13.0. The summed E-state index contributed by atoms with van der Waals surface area (Å²) in [5.41, 5.74) is -2.54. The Morgan fingerprint density at radius 2 is 1.76 bits per heavy atom. The van der Waals surface area contributed by atoms with Crippen LogP contribution >= 0.6 is 0 Å². The van der Waals surface area contributed by atoms with Crippen LogP contribution in [0.2, 0.25) is 0 Å². The lowest BCUT2D eigenvalue weighted by Crippen LogP contribution is -2.66. The minimum atomic E-state index is -2.13. The average Bonchev–Trinajstić information content (AvgIpc) is 3.30. The predicted molar refractivity (Wildman–Crippen MR) is 134 cm³/mol. The first-order chi connectivity index (χ1) is 17.1. The maximum absolute atomic E-state index is 14.6. The number of allylic oxidation sites excluding steroid dienone is 2. The van der Waals surface area contributed by atoms with Crippen LogP contribution in [0.5, 0.6) is 0 Å². The van der Waals surface area contributed by atoms with Gasteiger partial charge in [-0.1, -0.05) is 39.0 Å². The van der Waals surface area contributed by atoms with Gasteiger partial charge in [0.1, 0.15) is 6.61 Å². The highest BCUT2D eigenvalue weighted by Gasteiger charge is 2.77. The largest absolute Gasteiger partial charge is 0.461 e. The van der Waals surface area contributed by atoms with Gasteiger partial charge >= 0.3 is 17.9 Å². The van der Waals surface area contributed by atoms with E-state index in [9.17, 15) is 24.3 Å². The van der Waals surface area contributed by atoms with Crippen LogP contribution in [-0.4, -0.2) is 53.2 Å². The van der Waals surface area contributed by atoms with Crippen LogP contribution in [0, 0.1) is 34.5 Å². The number of hydrogen-bond donors (Lipinski definition) is 1. The third-order valence-electron chi connectivity index (χ3n) is 9.39. The van der Waals surface area contributed by atoms with Crippen LogP contribution in [0.3, 0.4) is 0 Å². The lowest BCUT2D eigenvalue weighted by atomic mass is 9.59. The topological polar surface area (TPSA) is 116 Å². The van der Waals surface area contributed by atoms with Gasteiger partial charge in [0.15, 0.2) is 23.6 Å². The lowest BCUT2D eigenvalue weighted by Gasteiger charge is -2.49. The fourth-order valence-electron chi connectivity index (χ4n) is 7.39. The molecule has 8 nitrogen and oxygen atoms in total. The van der Waals surface area contributed by atoms with Crippen LogP contribution < -0.4 is 0 Å². The van der Waals surface area contributed by atoms with Gasteiger partial charge in [-0.25, -0.2) is 4.79 Å². The molecule has 202 valence electrons. The Morgan fingerprint density at radius 1 is 1.11 bits per heavy atom. The molecule has 1 spiro atoms. The summed E-state index contributed by atoms with van der Waals surface area (Å²) in [4.78, 5) is 51.8. The number of ether oxygens (including phenoxy) is 3. The van der Waals surface area contributed by atoms with Gasteiger partial charge in [-0.05, 0) is 55.9 Å². The monoisotopic (exact) mass is 514 g/mol. The Kier molecular flexibility index (Phi) is 6.59. The second-order valence-corrected chi connectivity index (χ2v) is 11.8. The first kappa shape index (κ1) is 27.3. The molecule has 0 amide bonds. The molecule has 1 N–H and O–H groups in total. The fraction of sp³-hybridized carbons (Fsp3) is 0.655.